The number of fused-ring (bicyclic) bond motifs is 3. The molecule has 0 spiro atoms. The summed E-state index contributed by atoms with van der Waals surface area (Å²) in [5.41, 5.74) is 3.91. The second-order valence-electron chi connectivity index (χ2n) is 33.6. The predicted octanol–water partition coefficient (Wildman–Crippen LogP) is 14.3. The molecule has 3 saturated carbocycles. The van der Waals surface area contributed by atoms with Crippen LogP contribution in [0.2, 0.25) is 0 Å². The van der Waals surface area contributed by atoms with Crippen LogP contribution in [0.25, 0.3) is 0 Å². The molecule has 0 radical (unpaired) electrons. The van der Waals surface area contributed by atoms with Crippen LogP contribution in [0.15, 0.2) is 118 Å². The third-order valence-electron chi connectivity index (χ3n) is 20.0. The fraction of sp³-hybridized carbons (Fsp3) is 0.565. The maximum Gasteiger partial charge on any atom is 0.409 e. The number of halogens is 1. The lowest BCUT2D eigenvalue weighted by Crippen LogP contribution is -2.60. The van der Waals surface area contributed by atoms with Gasteiger partial charge in [0, 0.05) is 70.6 Å². The summed E-state index contributed by atoms with van der Waals surface area (Å²) in [6, 6.07) is 32.0. The summed E-state index contributed by atoms with van der Waals surface area (Å²) in [5, 5.41) is 31.9. The predicted molar refractivity (Wildman–Crippen MR) is 443 cm³/mol. The van der Waals surface area contributed by atoms with Crippen LogP contribution in [0.1, 0.15) is 242 Å². The first-order valence-corrected chi connectivity index (χ1v) is 41.0. The number of nitrogens with zero attached hydrogens (tertiary/aromatic N) is 4. The number of carbonyl (C=O) groups is 10. The Kier molecular flexibility index (Phi) is 33.0. The van der Waals surface area contributed by atoms with Gasteiger partial charge in [-0.3, -0.25) is 58.7 Å². The quantitative estimate of drug-likeness (QED) is 0.0295. The molecule has 9 N–H and O–H groups in total. The molecule has 4 aromatic rings. The number of carbonyl (C=O) groups excluding carboxylic acids is 9. The second kappa shape index (κ2) is 40.4. The monoisotopic (exact) mass is 1630 g/mol. The van der Waals surface area contributed by atoms with Gasteiger partial charge in [0.1, 0.15) is 23.2 Å². The molecule has 3 unspecified atom stereocenters. The van der Waals surface area contributed by atoms with E-state index < -0.39 is 53.1 Å². The molecule has 24 nitrogen and oxygen atoms in total. The molecular formula is C85H121IN12O12. The molecule has 6 aliphatic rings. The van der Waals surface area contributed by atoms with Gasteiger partial charge in [0.05, 0.1) is 22.8 Å². The number of anilines is 3. The molecule has 9 amide bonds. The first-order valence-electron chi connectivity index (χ1n) is 38.8. The smallest absolute Gasteiger partial charge is 0.409 e. The zero-order valence-corrected chi connectivity index (χ0v) is 70.0. The van der Waals surface area contributed by atoms with E-state index in [0.29, 0.717) is 86.9 Å². The van der Waals surface area contributed by atoms with Crippen LogP contribution >= 0.6 is 22.6 Å². The fourth-order valence-electron chi connectivity index (χ4n) is 13.9. The maximum atomic E-state index is 13.5. The lowest BCUT2D eigenvalue weighted by Gasteiger charge is -2.31. The van der Waals surface area contributed by atoms with Gasteiger partial charge in [-0.25, -0.2) is 9.59 Å². The fourth-order valence-corrected chi connectivity index (χ4v) is 13.9. The Bertz CT molecular complexity index is 3960. The van der Waals surface area contributed by atoms with Gasteiger partial charge >= 0.3 is 12.1 Å². The van der Waals surface area contributed by atoms with E-state index in [0.717, 1.165) is 103 Å². The standard InChI is InChI=1S/C26H38N4O3.C25H36N4O3.C21H23N3O3.C12H21NO3.CH3I/c1-17(2)13-14-20(31)29-26(15-9-10-16-26)24(33)28-22-23(32)30(6)19-12-8-7-11-18(19)21(27-22)25(3,4)5;1-16(2)12-13-19(30)29-25(14-8-9-15-25)23(32)28-21-22(31)26-18-11-7-6-10-17(18)20(27-21)24(3,4)5;1-21(2,3)17-15-11-7-8-12-16(15)22-19(25)18(23-17)24-20(26)27-13-14-9-5-4-6-10-14;1-9(2)5-6-10(14)13-12(11(15)16)7-3-4-8-12;1-2/h7-8,11-12,17,22H,9-10,13-16H2,1-6H3,(H,28,33)(H,29,31);6-7,10-11,16,21H,8-9,12-15H2,1-5H3,(H,26,31)(H,28,32)(H,29,30);4-12,18H,13H2,1-3H3,(H,22,25)(H,24,26);9H,3-8H2,1-2H3,(H,13,14)(H,15,16);1H3. The number of para-hydroxylation sites is 3. The van der Waals surface area contributed by atoms with Gasteiger partial charge in [0.15, 0.2) is 0 Å². The van der Waals surface area contributed by atoms with Crippen molar-refractivity contribution in [1.29, 1.82) is 0 Å². The Morgan fingerprint density at radius 1 is 0.482 bits per heavy atom. The first kappa shape index (κ1) is 90.0. The van der Waals surface area contributed by atoms with Gasteiger partial charge in [0.2, 0.25) is 48.0 Å². The van der Waals surface area contributed by atoms with Gasteiger partial charge in [0.25, 0.3) is 17.7 Å². The molecule has 4 aromatic carbocycles. The van der Waals surface area contributed by atoms with Gasteiger partial charge in [-0.1, -0.05) is 250 Å². The number of aliphatic imine (C=N–C) groups is 3. The molecule has 0 saturated heterocycles. The molecule has 110 heavy (non-hydrogen) atoms. The van der Waals surface area contributed by atoms with Crippen LogP contribution in [-0.2, 0) is 54.5 Å². The van der Waals surface area contributed by atoms with E-state index in [1.54, 1.807) is 11.9 Å². The van der Waals surface area contributed by atoms with E-state index in [4.69, 9.17) is 14.7 Å². The number of nitrogens with one attached hydrogen (secondary N) is 8. The number of amides is 9. The molecule has 0 aromatic heterocycles. The van der Waals surface area contributed by atoms with E-state index in [-0.39, 0.29) is 64.2 Å². The van der Waals surface area contributed by atoms with Crippen LogP contribution in [0.3, 0.4) is 0 Å². The van der Waals surface area contributed by atoms with Crippen molar-refractivity contribution >= 4 is 116 Å². The average molecular weight is 1630 g/mol. The summed E-state index contributed by atoms with van der Waals surface area (Å²) in [6.07, 6.45) is 8.29. The highest BCUT2D eigenvalue weighted by Crippen LogP contribution is 2.37. The van der Waals surface area contributed by atoms with Gasteiger partial charge in [-0.15, -0.1) is 0 Å². The van der Waals surface area contributed by atoms with Crippen molar-refractivity contribution in [3.63, 3.8) is 0 Å². The van der Waals surface area contributed by atoms with Crippen molar-refractivity contribution < 1.29 is 57.8 Å². The summed E-state index contributed by atoms with van der Waals surface area (Å²) in [4.78, 5) is 144. The van der Waals surface area contributed by atoms with E-state index in [1.807, 2.05) is 170 Å². The number of aliphatic carboxylic acids is 1. The molecule has 3 heterocycles. The highest BCUT2D eigenvalue weighted by atomic mass is 127. The minimum Gasteiger partial charge on any atom is -0.480 e. The number of likely N-dealkylation sites (N-methyl/N-ethyl adjacent to an activating group) is 1. The van der Waals surface area contributed by atoms with E-state index in [2.05, 4.69) is 112 Å². The van der Waals surface area contributed by atoms with Crippen LogP contribution in [0.4, 0.5) is 21.9 Å². The molecule has 25 heteroatoms. The lowest BCUT2D eigenvalue weighted by atomic mass is 9.85. The number of hydrogen-bond donors (Lipinski definition) is 9. The first-order chi connectivity index (χ1) is 51.8. The molecule has 0 bridgehead atoms. The van der Waals surface area contributed by atoms with Crippen LogP contribution < -0.4 is 47.4 Å². The minimum absolute atomic E-state index is 0.114. The number of carboxylic acids is 1. The molecule has 3 aliphatic heterocycles. The van der Waals surface area contributed by atoms with Crippen molar-refractivity contribution in [1.82, 2.24) is 31.9 Å². The third-order valence-corrected chi connectivity index (χ3v) is 20.0. The summed E-state index contributed by atoms with van der Waals surface area (Å²) in [6.45, 7) is 30.8. The number of benzene rings is 4. The average Bonchev–Trinajstić information content (AvgIpc) is 1.64. The molecule has 3 aliphatic carbocycles. The number of hydrogen-bond acceptors (Lipinski definition) is 14. The Hall–Kier alpha value is -8.88. The van der Waals surface area contributed by atoms with Gasteiger partial charge < -0.3 is 52.0 Å². The van der Waals surface area contributed by atoms with Crippen molar-refractivity contribution in [2.24, 2.45) is 49.0 Å². The highest BCUT2D eigenvalue weighted by Gasteiger charge is 2.47. The van der Waals surface area contributed by atoms with Crippen molar-refractivity contribution in [2.45, 2.75) is 261 Å². The molecule has 600 valence electrons. The number of ether oxygens (including phenoxy) is 1. The van der Waals surface area contributed by atoms with Crippen LogP contribution in [0, 0.1) is 34.0 Å². The summed E-state index contributed by atoms with van der Waals surface area (Å²) < 4.78 is 5.22. The Morgan fingerprint density at radius 2 is 0.809 bits per heavy atom. The zero-order valence-electron chi connectivity index (χ0n) is 67.8. The summed E-state index contributed by atoms with van der Waals surface area (Å²) >= 11 is 2.15. The third kappa shape index (κ3) is 25.3. The second-order valence-corrected chi connectivity index (χ2v) is 33.6. The Balaban J connectivity index is 0.000000233. The van der Waals surface area contributed by atoms with Crippen LogP contribution in [-0.4, -0.2) is 129 Å². The van der Waals surface area contributed by atoms with Gasteiger partial charge in [-0.2, -0.15) is 0 Å². The van der Waals surface area contributed by atoms with E-state index >= 15 is 0 Å². The number of carboxylic acid groups (broad SMARTS) is 1. The minimum atomic E-state index is -1.06. The molecule has 3 fully saturated rings. The zero-order chi connectivity index (χ0) is 81.5. The molecule has 3 atom stereocenters. The highest BCUT2D eigenvalue weighted by molar-refractivity contribution is 14.1. The molecular weight excluding hydrogens is 1510 g/mol. The van der Waals surface area contributed by atoms with E-state index in [9.17, 15) is 53.1 Å². The SMILES string of the molecule is CC(C)(C)C1=NC(NC(=O)OCc2ccccc2)C(=O)Nc2ccccc21.CC(C)CCC(=O)NC1(C(=O)NC2N=C(C(C)(C)C)c3ccccc3N(C)C2=O)CCCC1.CC(C)CCC(=O)NC1(C(=O)NC2N=C(C(C)(C)C)c3ccccc3NC2=O)CCCC1.CC(C)CCC(=O)NC1(C(=O)O)CCCC1.CI. The summed E-state index contributed by atoms with van der Waals surface area (Å²) in [5.74, 6) is -1.70. The van der Waals surface area contributed by atoms with Crippen LogP contribution in [0.5, 0.6) is 0 Å². The normalized spacial score (nSPS) is 18.7. The molecule has 10 rings (SSSR count). The van der Waals surface area contributed by atoms with Crippen molar-refractivity contribution in [3.8, 4) is 0 Å². The Morgan fingerprint density at radius 3 is 1.20 bits per heavy atom. The van der Waals surface area contributed by atoms with Gasteiger partial charge in [-0.05, 0) is 104 Å². The van der Waals surface area contributed by atoms with E-state index in [1.165, 1.54) is 0 Å². The number of alkyl carbamates (subject to hydrolysis) is 1. The lowest BCUT2D eigenvalue weighted by molar-refractivity contribution is -0.147. The number of alkyl halides is 1. The number of benzodiazepines with no additional fused rings is 3. The maximum absolute atomic E-state index is 13.5. The van der Waals surface area contributed by atoms with Crippen molar-refractivity contribution in [2.75, 3.05) is 27.5 Å². The topological polar surface area (TPSA) is 337 Å². The number of rotatable bonds is 20. The van der Waals surface area contributed by atoms with Crippen molar-refractivity contribution in [3.05, 3.63) is 125 Å². The largest absolute Gasteiger partial charge is 0.480 e. The summed E-state index contributed by atoms with van der Waals surface area (Å²) in [7, 11) is 1.71. The Labute approximate surface area is 664 Å².